The Bertz CT molecular complexity index is 3210. The van der Waals surface area contributed by atoms with Crippen LogP contribution in [0.25, 0.3) is 32.2 Å². The maximum Gasteiger partial charge on any atom is 0.355 e. The number of para-hydroxylation sites is 2. The number of ether oxygens (including phenoxy) is 1. The van der Waals surface area contributed by atoms with Crippen molar-refractivity contribution in [2.75, 3.05) is 80.6 Å². The number of amides is 3. The number of fused-ring (bicyclic) bond motifs is 3. The summed E-state index contributed by atoms with van der Waals surface area (Å²) in [5.74, 6) is -0.319. The zero-order valence-corrected chi connectivity index (χ0v) is 42.1. The van der Waals surface area contributed by atoms with Crippen LogP contribution in [-0.4, -0.2) is 124 Å². The molecular weight excluding hydrogens is 941 g/mol. The lowest BCUT2D eigenvalue weighted by Crippen LogP contribution is -2.49. The number of pyridine rings is 1. The van der Waals surface area contributed by atoms with Gasteiger partial charge >= 0.3 is 5.97 Å². The molecule has 17 heteroatoms. The van der Waals surface area contributed by atoms with Gasteiger partial charge in [0.15, 0.2) is 10.8 Å². The predicted octanol–water partition coefficient (Wildman–Crippen LogP) is 7.89. The molecule has 0 saturated carbocycles. The lowest BCUT2D eigenvalue weighted by molar-refractivity contribution is -0.134. The van der Waals surface area contributed by atoms with Crippen LogP contribution in [0, 0.1) is 12.8 Å². The first-order chi connectivity index (χ1) is 35.5. The molecule has 3 N–H and O–H groups in total. The Hall–Kier alpha value is -7.21. The molecular formula is C56H60N10O6S. The summed E-state index contributed by atoms with van der Waals surface area (Å²) < 4.78 is 9.27. The molecule has 3 amide bonds. The second-order valence-corrected chi connectivity index (χ2v) is 20.8. The maximum atomic E-state index is 13.7. The van der Waals surface area contributed by atoms with Crippen molar-refractivity contribution in [1.29, 1.82) is 0 Å². The standard InChI is InChI=1S/C56H60N10O6S/c1-35-38(39-17-19-48(58-51(39)55(70)71)66-27-23-37-9-5-11-40(43(37)34-66)53(68)60-56-57-44-13-3-4-16-47(44)73-56)10-7-15-46(35)72-32-8-24-63-28-30-64(31-29-63)33-36-21-25-65(26-22-36)45-14-6-12-41-50(61-62(2)52(41)45)42-18-20-49(67)59-54(42)69/h3-7,9-17,19,36,42H,8,18,20-34H2,1-2H3,(H,70,71)(H,57,60,68)(H,59,67,69). The van der Waals surface area contributed by atoms with E-state index >= 15 is 0 Å². The topological polar surface area (TPSA) is 178 Å². The summed E-state index contributed by atoms with van der Waals surface area (Å²) >= 11 is 1.44. The van der Waals surface area contributed by atoms with Gasteiger partial charge in [-0.05, 0) is 110 Å². The van der Waals surface area contributed by atoms with Crippen LogP contribution >= 0.6 is 11.3 Å². The van der Waals surface area contributed by atoms with E-state index in [-0.39, 0.29) is 23.4 Å². The molecule has 3 saturated heterocycles. The van der Waals surface area contributed by atoms with Crippen LogP contribution in [0.1, 0.15) is 81.3 Å². The highest BCUT2D eigenvalue weighted by atomic mass is 32.1. The molecule has 1 atom stereocenters. The molecule has 3 fully saturated rings. The number of piperidine rings is 2. The van der Waals surface area contributed by atoms with E-state index < -0.39 is 11.9 Å². The summed E-state index contributed by atoms with van der Waals surface area (Å²) in [6.07, 6.45) is 4.62. The summed E-state index contributed by atoms with van der Waals surface area (Å²) in [7, 11) is 1.95. The van der Waals surface area contributed by atoms with Crippen LogP contribution in [0.4, 0.5) is 16.6 Å². The van der Waals surface area contributed by atoms with Gasteiger partial charge < -0.3 is 29.4 Å². The summed E-state index contributed by atoms with van der Waals surface area (Å²) in [6, 6.07) is 29.3. The third-order valence-corrected chi connectivity index (χ3v) is 16.2. The number of aryl methyl sites for hydroxylation is 1. The molecule has 0 aliphatic carbocycles. The SMILES string of the molecule is Cc1c(OCCCN2CCN(CC3CCN(c4cccc5c(C6CCC(=O)NC6=O)nn(C)c45)CC3)CC2)cccc1-c1ccc(N2CCc3cccc(C(=O)Nc4nc5ccccc5s4)c3C2)nc1C(=O)O. The van der Waals surface area contributed by atoms with Gasteiger partial charge in [-0.1, -0.05) is 59.9 Å². The first-order valence-electron chi connectivity index (χ1n) is 25.5. The van der Waals surface area contributed by atoms with Gasteiger partial charge in [-0.25, -0.2) is 14.8 Å². The minimum atomic E-state index is -1.11. The number of piperazine rings is 1. The minimum absolute atomic E-state index is 0.0305. The van der Waals surface area contributed by atoms with E-state index in [1.165, 1.54) is 11.3 Å². The Labute approximate surface area is 428 Å². The highest BCUT2D eigenvalue weighted by molar-refractivity contribution is 7.22. The minimum Gasteiger partial charge on any atom is -0.493 e. The molecule has 11 rings (SSSR count). The number of carboxylic acids is 1. The smallest absolute Gasteiger partial charge is 0.355 e. The number of carbonyl (C=O) groups excluding carboxylic acids is 3. The van der Waals surface area contributed by atoms with E-state index in [4.69, 9.17) is 14.8 Å². The third-order valence-electron chi connectivity index (χ3n) is 15.3. The first kappa shape index (κ1) is 48.1. The molecule has 0 radical (unpaired) electrons. The van der Waals surface area contributed by atoms with E-state index in [1.54, 1.807) is 0 Å². The van der Waals surface area contributed by atoms with Crippen molar-refractivity contribution in [1.82, 2.24) is 34.9 Å². The molecule has 73 heavy (non-hydrogen) atoms. The highest BCUT2D eigenvalue weighted by Crippen LogP contribution is 2.38. The van der Waals surface area contributed by atoms with Crippen molar-refractivity contribution in [2.45, 2.75) is 57.9 Å². The van der Waals surface area contributed by atoms with Gasteiger partial charge in [0.25, 0.3) is 5.91 Å². The molecule has 0 bridgehead atoms. The predicted molar refractivity (Wildman–Crippen MR) is 284 cm³/mol. The molecule has 16 nitrogen and oxygen atoms in total. The number of aromatic nitrogens is 4. The van der Waals surface area contributed by atoms with E-state index in [9.17, 15) is 24.3 Å². The number of carboxylic acid groups (broad SMARTS) is 1. The van der Waals surface area contributed by atoms with Crippen molar-refractivity contribution >= 4 is 72.8 Å². The van der Waals surface area contributed by atoms with E-state index in [0.717, 1.165) is 132 Å². The van der Waals surface area contributed by atoms with Gasteiger partial charge in [-0.15, -0.1) is 0 Å². The molecule has 4 aromatic carbocycles. The highest BCUT2D eigenvalue weighted by Gasteiger charge is 2.33. The average molecular weight is 1000 g/mol. The molecule has 7 heterocycles. The fraction of sp³-hybridized carbons (Fsp3) is 0.375. The van der Waals surface area contributed by atoms with Crippen LogP contribution in [0.15, 0.2) is 91.0 Å². The van der Waals surface area contributed by atoms with Gasteiger partial charge in [-0.3, -0.25) is 29.7 Å². The van der Waals surface area contributed by atoms with Crippen LogP contribution in [0.5, 0.6) is 5.75 Å². The van der Waals surface area contributed by atoms with E-state index in [1.807, 2.05) is 102 Å². The average Bonchev–Trinajstić information content (AvgIpc) is 3.98. The molecule has 3 aromatic heterocycles. The number of aromatic carboxylic acids is 1. The number of carbonyl (C=O) groups is 4. The van der Waals surface area contributed by atoms with Crippen molar-refractivity contribution in [3.63, 3.8) is 0 Å². The summed E-state index contributed by atoms with van der Waals surface area (Å²) in [5.41, 5.74) is 8.46. The van der Waals surface area contributed by atoms with Crippen molar-refractivity contribution in [2.24, 2.45) is 13.0 Å². The van der Waals surface area contributed by atoms with Crippen molar-refractivity contribution in [3.8, 4) is 16.9 Å². The lowest BCUT2D eigenvalue weighted by Gasteiger charge is -2.39. The number of nitrogens with one attached hydrogen (secondary N) is 2. The molecule has 0 spiro atoms. The molecule has 1 unspecified atom stereocenters. The lowest BCUT2D eigenvalue weighted by atomic mass is 9.92. The van der Waals surface area contributed by atoms with Gasteiger partial charge in [0.1, 0.15) is 11.6 Å². The normalized spacial score (nSPS) is 18.0. The third kappa shape index (κ3) is 10.0. The number of anilines is 3. The second kappa shape index (κ2) is 20.7. The summed E-state index contributed by atoms with van der Waals surface area (Å²) in [4.78, 5) is 70.0. The van der Waals surface area contributed by atoms with E-state index in [2.05, 4.69) is 42.5 Å². The Morgan fingerprint density at radius 3 is 2.42 bits per heavy atom. The largest absolute Gasteiger partial charge is 0.493 e. The zero-order chi connectivity index (χ0) is 50.2. The zero-order valence-electron chi connectivity index (χ0n) is 41.3. The van der Waals surface area contributed by atoms with Crippen LogP contribution in [-0.2, 0) is 29.6 Å². The van der Waals surface area contributed by atoms with Crippen LogP contribution in [0.2, 0.25) is 0 Å². The van der Waals surface area contributed by atoms with Crippen molar-refractivity contribution in [3.05, 3.63) is 125 Å². The first-order valence-corrected chi connectivity index (χ1v) is 26.3. The van der Waals surface area contributed by atoms with Gasteiger partial charge in [0.2, 0.25) is 11.8 Å². The van der Waals surface area contributed by atoms with Crippen LogP contribution in [0.3, 0.4) is 0 Å². The molecule has 4 aliphatic heterocycles. The summed E-state index contributed by atoms with van der Waals surface area (Å²) in [6.45, 7) is 11.7. The number of hydrogen-bond donors (Lipinski definition) is 3. The molecule has 4 aliphatic rings. The number of hydrogen-bond acceptors (Lipinski definition) is 13. The number of imide groups is 1. The Balaban J connectivity index is 0.654. The Kier molecular flexibility index (Phi) is 13.6. The monoisotopic (exact) mass is 1000 g/mol. The van der Waals surface area contributed by atoms with Gasteiger partial charge in [0, 0.05) is 95.4 Å². The number of rotatable bonds is 14. The van der Waals surface area contributed by atoms with Gasteiger partial charge in [0.05, 0.1) is 39.6 Å². The Morgan fingerprint density at radius 1 is 0.822 bits per heavy atom. The molecule has 7 aromatic rings. The quantitative estimate of drug-likeness (QED) is 0.0709. The number of benzene rings is 4. The van der Waals surface area contributed by atoms with Gasteiger partial charge in [-0.2, -0.15) is 5.10 Å². The fourth-order valence-electron chi connectivity index (χ4n) is 11.3. The van der Waals surface area contributed by atoms with Crippen molar-refractivity contribution < 1.29 is 29.0 Å². The maximum absolute atomic E-state index is 13.7. The number of thiazole rings is 1. The summed E-state index contributed by atoms with van der Waals surface area (Å²) in [5, 5.41) is 22.3. The molecule has 376 valence electrons. The van der Waals surface area contributed by atoms with Crippen LogP contribution < -0.4 is 25.2 Å². The number of nitrogens with zero attached hydrogens (tertiary/aromatic N) is 8. The fourth-order valence-corrected chi connectivity index (χ4v) is 12.2. The second-order valence-electron chi connectivity index (χ2n) is 19.8. The Morgan fingerprint density at radius 2 is 1.62 bits per heavy atom. The van der Waals surface area contributed by atoms with E-state index in [0.29, 0.717) is 67.0 Å².